The van der Waals surface area contributed by atoms with Crippen LogP contribution in [0, 0.1) is 5.82 Å². The average Bonchev–Trinajstić information content (AvgIpc) is 2.91. The van der Waals surface area contributed by atoms with Crippen molar-refractivity contribution in [1.29, 1.82) is 0 Å². The standard InChI is InChI=1S/C20H13BrClFN2O/c21-12-5-10-18(17(23)11-12)24-19-15-3-1-2-4-16(15)20(26)25(19)14-8-6-13(22)7-9-14/h1-11,19,24H. The molecule has 0 aromatic heterocycles. The average molecular weight is 432 g/mol. The van der Waals surface area contributed by atoms with Crippen LogP contribution in [0.2, 0.25) is 5.02 Å². The van der Waals surface area contributed by atoms with Crippen molar-refractivity contribution in [2.45, 2.75) is 6.17 Å². The van der Waals surface area contributed by atoms with Crippen molar-refractivity contribution in [2.75, 3.05) is 10.2 Å². The van der Waals surface area contributed by atoms with E-state index in [0.29, 0.717) is 26.4 Å². The second kappa shape index (κ2) is 6.74. The number of fused-ring (bicyclic) bond motifs is 1. The van der Waals surface area contributed by atoms with Gasteiger partial charge in [0.1, 0.15) is 12.0 Å². The van der Waals surface area contributed by atoms with Crippen molar-refractivity contribution in [1.82, 2.24) is 0 Å². The van der Waals surface area contributed by atoms with Crippen LogP contribution in [-0.2, 0) is 0 Å². The number of anilines is 2. The quantitative estimate of drug-likeness (QED) is 0.550. The summed E-state index contributed by atoms with van der Waals surface area (Å²) in [5, 5.41) is 3.75. The fraction of sp³-hybridized carbons (Fsp3) is 0.0500. The maximum absolute atomic E-state index is 14.3. The molecule has 0 saturated carbocycles. The second-order valence-electron chi connectivity index (χ2n) is 5.91. The van der Waals surface area contributed by atoms with Crippen molar-refractivity contribution in [3.8, 4) is 0 Å². The highest BCUT2D eigenvalue weighted by Crippen LogP contribution is 2.38. The minimum absolute atomic E-state index is 0.141. The van der Waals surface area contributed by atoms with E-state index in [0.717, 1.165) is 5.56 Å². The van der Waals surface area contributed by atoms with Gasteiger partial charge in [0, 0.05) is 26.3 Å². The molecule has 3 nitrogen and oxygen atoms in total. The monoisotopic (exact) mass is 430 g/mol. The number of nitrogens with one attached hydrogen (secondary N) is 1. The van der Waals surface area contributed by atoms with Gasteiger partial charge in [-0.2, -0.15) is 0 Å². The van der Waals surface area contributed by atoms with Crippen LogP contribution in [0.3, 0.4) is 0 Å². The first kappa shape index (κ1) is 17.1. The van der Waals surface area contributed by atoms with Crippen molar-refractivity contribution in [2.24, 2.45) is 0 Å². The number of carbonyl (C=O) groups excluding carboxylic acids is 1. The molecule has 0 saturated heterocycles. The van der Waals surface area contributed by atoms with E-state index in [1.54, 1.807) is 47.4 Å². The van der Waals surface area contributed by atoms with Crippen LogP contribution in [-0.4, -0.2) is 5.91 Å². The number of carbonyl (C=O) groups is 1. The highest BCUT2D eigenvalue weighted by molar-refractivity contribution is 9.10. The van der Waals surface area contributed by atoms with E-state index in [9.17, 15) is 9.18 Å². The van der Waals surface area contributed by atoms with E-state index in [-0.39, 0.29) is 5.91 Å². The van der Waals surface area contributed by atoms with Gasteiger partial charge in [-0.3, -0.25) is 9.69 Å². The Kier molecular flexibility index (Phi) is 4.42. The minimum atomic E-state index is -0.518. The molecule has 0 bridgehead atoms. The Morgan fingerprint density at radius 1 is 1.04 bits per heavy atom. The Labute approximate surface area is 163 Å². The van der Waals surface area contributed by atoms with Crippen LogP contribution in [0.1, 0.15) is 22.1 Å². The summed E-state index contributed by atoms with van der Waals surface area (Å²) in [4.78, 5) is 14.6. The highest BCUT2D eigenvalue weighted by Gasteiger charge is 2.37. The lowest BCUT2D eigenvalue weighted by atomic mass is 10.1. The zero-order chi connectivity index (χ0) is 18.3. The van der Waals surface area contributed by atoms with Gasteiger partial charge < -0.3 is 5.32 Å². The van der Waals surface area contributed by atoms with Crippen LogP contribution in [0.25, 0.3) is 0 Å². The summed E-state index contributed by atoms with van der Waals surface area (Å²) in [6.45, 7) is 0. The first-order valence-corrected chi connectivity index (χ1v) is 9.11. The molecule has 1 N–H and O–H groups in total. The molecule has 3 aromatic rings. The Bertz CT molecular complexity index is 993. The molecule has 1 unspecified atom stereocenters. The van der Waals surface area contributed by atoms with Crippen LogP contribution < -0.4 is 10.2 Å². The maximum Gasteiger partial charge on any atom is 0.260 e. The van der Waals surface area contributed by atoms with Gasteiger partial charge in [0.05, 0.1) is 5.69 Å². The molecule has 1 amide bonds. The zero-order valence-corrected chi connectivity index (χ0v) is 15.8. The number of nitrogens with zero attached hydrogens (tertiary/aromatic N) is 1. The van der Waals surface area contributed by atoms with Gasteiger partial charge in [0.25, 0.3) is 5.91 Å². The fourth-order valence-electron chi connectivity index (χ4n) is 3.08. The third-order valence-corrected chi connectivity index (χ3v) is 5.04. The van der Waals surface area contributed by atoms with Crippen LogP contribution in [0.4, 0.5) is 15.8 Å². The molecule has 0 radical (unpaired) electrons. The fourth-order valence-corrected chi connectivity index (χ4v) is 3.54. The Hall–Kier alpha value is -2.37. The van der Waals surface area contributed by atoms with E-state index in [4.69, 9.17) is 11.6 Å². The summed E-state index contributed by atoms with van der Waals surface area (Å²) in [6.07, 6.45) is -0.518. The molecular formula is C20H13BrClFN2O. The minimum Gasteiger partial charge on any atom is -0.359 e. The zero-order valence-electron chi connectivity index (χ0n) is 13.4. The Morgan fingerprint density at radius 3 is 2.50 bits per heavy atom. The molecule has 1 heterocycles. The third-order valence-electron chi connectivity index (χ3n) is 4.29. The van der Waals surface area contributed by atoms with Gasteiger partial charge in [-0.1, -0.05) is 45.7 Å². The van der Waals surface area contributed by atoms with E-state index >= 15 is 0 Å². The predicted octanol–water partition coefficient (Wildman–Crippen LogP) is 6.01. The second-order valence-corrected chi connectivity index (χ2v) is 7.26. The molecule has 1 aliphatic heterocycles. The van der Waals surface area contributed by atoms with Crippen molar-refractivity contribution >= 4 is 44.8 Å². The van der Waals surface area contributed by atoms with Crippen molar-refractivity contribution in [3.05, 3.63) is 93.2 Å². The molecule has 1 atom stereocenters. The topological polar surface area (TPSA) is 32.3 Å². The van der Waals surface area contributed by atoms with Gasteiger partial charge in [0.2, 0.25) is 0 Å². The highest BCUT2D eigenvalue weighted by atomic mass is 79.9. The largest absolute Gasteiger partial charge is 0.359 e. The molecule has 0 spiro atoms. The number of rotatable bonds is 3. The molecular weight excluding hydrogens is 419 g/mol. The number of benzene rings is 3. The SMILES string of the molecule is O=C1c2ccccc2C(Nc2ccc(Br)cc2F)N1c1ccc(Cl)cc1. The molecule has 6 heteroatoms. The summed E-state index contributed by atoms with van der Waals surface area (Å²) in [6, 6.07) is 19.1. The van der Waals surface area contributed by atoms with E-state index in [1.165, 1.54) is 6.07 Å². The van der Waals surface area contributed by atoms with Crippen LogP contribution >= 0.6 is 27.5 Å². The smallest absolute Gasteiger partial charge is 0.260 e. The van der Waals surface area contributed by atoms with Gasteiger partial charge in [-0.15, -0.1) is 0 Å². The predicted molar refractivity (Wildman–Crippen MR) is 105 cm³/mol. The van der Waals surface area contributed by atoms with E-state index in [1.807, 2.05) is 18.2 Å². The lowest BCUT2D eigenvalue weighted by molar-refractivity contribution is 0.0993. The molecule has 4 rings (SSSR count). The molecule has 3 aromatic carbocycles. The number of halogens is 3. The first-order valence-electron chi connectivity index (χ1n) is 7.94. The first-order chi connectivity index (χ1) is 12.5. The lowest BCUT2D eigenvalue weighted by Crippen LogP contribution is -2.32. The number of hydrogen-bond acceptors (Lipinski definition) is 2. The molecule has 1 aliphatic rings. The van der Waals surface area contributed by atoms with Gasteiger partial charge in [-0.05, 0) is 48.5 Å². The summed E-state index contributed by atoms with van der Waals surface area (Å²) < 4.78 is 15.0. The summed E-state index contributed by atoms with van der Waals surface area (Å²) in [5.74, 6) is -0.537. The van der Waals surface area contributed by atoms with E-state index < -0.39 is 12.0 Å². The van der Waals surface area contributed by atoms with Crippen molar-refractivity contribution < 1.29 is 9.18 Å². The number of amides is 1. The normalized spacial score (nSPS) is 15.9. The van der Waals surface area contributed by atoms with Crippen molar-refractivity contribution in [3.63, 3.8) is 0 Å². The molecule has 0 fully saturated rings. The van der Waals surface area contributed by atoms with E-state index in [2.05, 4.69) is 21.2 Å². The van der Waals surface area contributed by atoms with Gasteiger partial charge in [0.15, 0.2) is 0 Å². The Balaban J connectivity index is 1.79. The summed E-state index contributed by atoms with van der Waals surface area (Å²) in [5.41, 5.74) is 2.40. The summed E-state index contributed by atoms with van der Waals surface area (Å²) in [7, 11) is 0. The summed E-state index contributed by atoms with van der Waals surface area (Å²) >= 11 is 9.23. The lowest BCUT2D eigenvalue weighted by Gasteiger charge is -2.27. The maximum atomic E-state index is 14.3. The Morgan fingerprint density at radius 2 is 1.77 bits per heavy atom. The third kappa shape index (κ3) is 2.97. The molecule has 0 aliphatic carbocycles. The van der Waals surface area contributed by atoms with Crippen LogP contribution in [0.5, 0.6) is 0 Å². The van der Waals surface area contributed by atoms with Gasteiger partial charge in [-0.25, -0.2) is 4.39 Å². The van der Waals surface area contributed by atoms with Crippen LogP contribution in [0.15, 0.2) is 71.2 Å². The van der Waals surface area contributed by atoms with Gasteiger partial charge >= 0.3 is 0 Å². The number of hydrogen-bond donors (Lipinski definition) is 1. The molecule has 130 valence electrons. The molecule has 26 heavy (non-hydrogen) atoms.